The number of rotatable bonds is 4. The number of ketones is 1. The molecule has 6 nitrogen and oxygen atoms in total. The third-order valence-corrected chi connectivity index (χ3v) is 2.62. The minimum Gasteiger partial charge on any atom is -0.497 e. The van der Waals surface area contributed by atoms with Gasteiger partial charge in [-0.1, -0.05) is 0 Å². The van der Waals surface area contributed by atoms with E-state index in [4.69, 9.17) is 14.6 Å². The Balaban J connectivity index is 2.71. The number of Topliss-reactive ketones (excluding diaryl/α,β-unsaturated/α-hetero) is 1. The van der Waals surface area contributed by atoms with Gasteiger partial charge in [0.15, 0.2) is 0 Å². The Morgan fingerprint density at radius 1 is 1.22 bits per heavy atom. The number of aromatic nitrogens is 1. The van der Waals surface area contributed by atoms with Gasteiger partial charge < -0.3 is 19.6 Å². The van der Waals surface area contributed by atoms with Crippen molar-refractivity contribution >= 4 is 22.7 Å². The van der Waals surface area contributed by atoms with E-state index in [1.807, 2.05) is 0 Å². The van der Waals surface area contributed by atoms with Gasteiger partial charge in [-0.3, -0.25) is 4.79 Å². The van der Waals surface area contributed by atoms with E-state index in [9.17, 15) is 9.59 Å². The second-order valence-electron chi connectivity index (χ2n) is 3.59. The summed E-state index contributed by atoms with van der Waals surface area (Å²) in [6, 6.07) is 3.23. The maximum atomic E-state index is 11.5. The molecule has 1 aromatic carbocycles. The number of nitrogens with one attached hydrogen (secondary N) is 1. The molecule has 6 heteroatoms. The van der Waals surface area contributed by atoms with Gasteiger partial charge in [0.05, 0.1) is 25.3 Å². The molecule has 0 atom stereocenters. The highest BCUT2D eigenvalue weighted by Crippen LogP contribution is 2.32. The van der Waals surface area contributed by atoms with Crippen LogP contribution < -0.4 is 9.47 Å². The summed E-state index contributed by atoms with van der Waals surface area (Å²) in [4.78, 5) is 25.1. The van der Waals surface area contributed by atoms with Crippen LogP contribution in [0.25, 0.3) is 10.9 Å². The molecule has 0 aliphatic heterocycles. The van der Waals surface area contributed by atoms with Crippen molar-refractivity contribution in [1.29, 1.82) is 0 Å². The molecular weight excluding hydrogens is 238 g/mol. The summed E-state index contributed by atoms with van der Waals surface area (Å²) < 4.78 is 10.2. The molecule has 0 spiro atoms. The molecule has 0 unspecified atom stereocenters. The van der Waals surface area contributed by atoms with Gasteiger partial charge in [0, 0.05) is 17.6 Å². The molecule has 0 radical (unpaired) electrons. The third-order valence-electron chi connectivity index (χ3n) is 2.62. The number of carbonyl (C=O) groups excluding carboxylic acids is 1. The number of carbonyl (C=O) groups is 2. The molecule has 2 rings (SSSR count). The van der Waals surface area contributed by atoms with Gasteiger partial charge in [0.25, 0.3) is 5.78 Å². The van der Waals surface area contributed by atoms with E-state index < -0.39 is 11.8 Å². The van der Waals surface area contributed by atoms with Crippen molar-refractivity contribution < 1.29 is 24.2 Å². The number of methoxy groups -OCH3 is 2. The van der Waals surface area contributed by atoms with Crippen LogP contribution >= 0.6 is 0 Å². The van der Waals surface area contributed by atoms with Crippen LogP contribution in [0.15, 0.2) is 18.3 Å². The average Bonchev–Trinajstić information content (AvgIpc) is 2.79. The van der Waals surface area contributed by atoms with Crippen molar-refractivity contribution in [3.63, 3.8) is 0 Å². The molecular formula is C12H11NO5. The SMILES string of the molecule is COc1cc(OC)c2[nH]cc(C(=O)C(=O)O)c2c1. The van der Waals surface area contributed by atoms with Crippen molar-refractivity contribution in [3.05, 3.63) is 23.9 Å². The van der Waals surface area contributed by atoms with Gasteiger partial charge >= 0.3 is 5.97 Å². The molecule has 1 aromatic heterocycles. The molecule has 1 heterocycles. The Hall–Kier alpha value is -2.50. The van der Waals surface area contributed by atoms with Crippen molar-refractivity contribution in [2.75, 3.05) is 14.2 Å². The van der Waals surface area contributed by atoms with Crippen molar-refractivity contribution in [1.82, 2.24) is 4.98 Å². The standard InChI is InChI=1S/C12H11NO5/c1-17-6-3-7-8(11(14)12(15)16)5-13-10(7)9(4-6)18-2/h3-5,13H,1-2H3,(H,15,16). The van der Waals surface area contributed by atoms with Crippen LogP contribution in [0.3, 0.4) is 0 Å². The van der Waals surface area contributed by atoms with Crippen LogP contribution in [0.2, 0.25) is 0 Å². The molecule has 2 aromatic rings. The quantitative estimate of drug-likeness (QED) is 0.632. The molecule has 2 N–H and O–H groups in total. The largest absolute Gasteiger partial charge is 0.497 e. The molecule has 0 fully saturated rings. The van der Waals surface area contributed by atoms with Crippen LogP contribution in [-0.2, 0) is 4.79 Å². The zero-order valence-corrected chi connectivity index (χ0v) is 9.81. The zero-order valence-electron chi connectivity index (χ0n) is 9.81. The minimum absolute atomic E-state index is 0.0784. The predicted octanol–water partition coefficient (Wildman–Crippen LogP) is 1.45. The lowest BCUT2D eigenvalue weighted by atomic mass is 10.1. The van der Waals surface area contributed by atoms with Crippen molar-refractivity contribution in [2.45, 2.75) is 0 Å². The fraction of sp³-hybridized carbons (Fsp3) is 0.167. The summed E-state index contributed by atoms with van der Waals surface area (Å²) in [6.07, 6.45) is 1.35. The minimum atomic E-state index is -1.50. The number of carboxylic acids is 1. The monoisotopic (exact) mass is 249 g/mol. The van der Waals surface area contributed by atoms with Crippen molar-refractivity contribution in [2.24, 2.45) is 0 Å². The van der Waals surface area contributed by atoms with E-state index in [0.717, 1.165) is 0 Å². The summed E-state index contributed by atoms with van der Waals surface area (Å²) in [7, 11) is 2.96. The van der Waals surface area contributed by atoms with Crippen LogP contribution in [0.1, 0.15) is 10.4 Å². The smallest absolute Gasteiger partial charge is 0.377 e. The van der Waals surface area contributed by atoms with Crippen LogP contribution in [0.4, 0.5) is 0 Å². The normalized spacial score (nSPS) is 10.3. The van der Waals surface area contributed by atoms with Crippen LogP contribution in [-0.4, -0.2) is 36.1 Å². The van der Waals surface area contributed by atoms with E-state index in [1.54, 1.807) is 12.1 Å². The zero-order chi connectivity index (χ0) is 13.3. The summed E-state index contributed by atoms with van der Waals surface area (Å²) >= 11 is 0. The molecule has 0 aliphatic carbocycles. The molecule has 0 bridgehead atoms. The number of fused-ring (bicyclic) bond motifs is 1. The highest BCUT2D eigenvalue weighted by atomic mass is 16.5. The number of hydrogen-bond acceptors (Lipinski definition) is 4. The number of aliphatic carboxylic acids is 1. The Labute approximate surface area is 102 Å². The molecule has 0 amide bonds. The number of benzene rings is 1. The number of ether oxygens (including phenoxy) is 2. The maximum absolute atomic E-state index is 11.5. The molecule has 0 saturated heterocycles. The van der Waals surface area contributed by atoms with Gasteiger partial charge in [0.2, 0.25) is 0 Å². The van der Waals surface area contributed by atoms with Gasteiger partial charge in [-0.2, -0.15) is 0 Å². The first kappa shape index (κ1) is 12.0. The topological polar surface area (TPSA) is 88.6 Å². The van der Waals surface area contributed by atoms with Crippen LogP contribution in [0.5, 0.6) is 11.5 Å². The van der Waals surface area contributed by atoms with E-state index in [-0.39, 0.29) is 5.56 Å². The molecule has 0 saturated carbocycles. The first-order chi connectivity index (χ1) is 8.58. The van der Waals surface area contributed by atoms with Gasteiger partial charge in [0.1, 0.15) is 11.5 Å². The lowest BCUT2D eigenvalue weighted by Crippen LogP contribution is -2.11. The highest BCUT2D eigenvalue weighted by molar-refractivity contribution is 6.42. The van der Waals surface area contributed by atoms with Gasteiger partial charge in [-0.15, -0.1) is 0 Å². The molecule has 0 aliphatic rings. The Morgan fingerprint density at radius 2 is 1.94 bits per heavy atom. The third kappa shape index (κ3) is 1.77. The first-order valence-corrected chi connectivity index (χ1v) is 5.09. The van der Waals surface area contributed by atoms with Gasteiger partial charge in [-0.25, -0.2) is 4.79 Å². The number of aromatic amines is 1. The van der Waals surface area contributed by atoms with Crippen molar-refractivity contribution in [3.8, 4) is 11.5 Å². The lowest BCUT2D eigenvalue weighted by Gasteiger charge is -2.06. The summed E-state index contributed by atoms with van der Waals surface area (Å²) in [5.41, 5.74) is 0.637. The van der Waals surface area contributed by atoms with E-state index in [1.165, 1.54) is 20.4 Å². The summed E-state index contributed by atoms with van der Waals surface area (Å²) in [5, 5.41) is 9.20. The fourth-order valence-electron chi connectivity index (χ4n) is 1.76. The Morgan fingerprint density at radius 3 is 2.50 bits per heavy atom. The highest BCUT2D eigenvalue weighted by Gasteiger charge is 2.20. The number of hydrogen-bond donors (Lipinski definition) is 2. The second kappa shape index (κ2) is 4.40. The predicted molar refractivity (Wildman–Crippen MR) is 63.4 cm³/mol. The maximum Gasteiger partial charge on any atom is 0.377 e. The molecule has 94 valence electrons. The summed E-state index contributed by atoms with van der Waals surface area (Å²) in [5.74, 6) is -1.51. The lowest BCUT2D eigenvalue weighted by molar-refractivity contribution is -0.131. The molecule has 18 heavy (non-hydrogen) atoms. The van der Waals surface area contributed by atoms with E-state index in [2.05, 4.69) is 4.98 Å². The average molecular weight is 249 g/mol. The summed E-state index contributed by atoms with van der Waals surface area (Å²) in [6.45, 7) is 0. The van der Waals surface area contributed by atoms with E-state index >= 15 is 0 Å². The Bertz CT molecular complexity index is 629. The number of carboxylic acid groups (broad SMARTS) is 1. The van der Waals surface area contributed by atoms with Crippen LogP contribution in [0, 0.1) is 0 Å². The van der Waals surface area contributed by atoms with Gasteiger partial charge in [-0.05, 0) is 6.07 Å². The fourth-order valence-corrected chi connectivity index (χ4v) is 1.76. The van der Waals surface area contributed by atoms with E-state index in [0.29, 0.717) is 22.4 Å². The first-order valence-electron chi connectivity index (χ1n) is 5.09. The number of H-pyrrole nitrogens is 1. The Kier molecular flexibility index (Phi) is 2.93. The second-order valence-corrected chi connectivity index (χ2v) is 3.59.